The van der Waals surface area contributed by atoms with Crippen molar-refractivity contribution in [3.8, 4) is 78.4 Å². The summed E-state index contributed by atoms with van der Waals surface area (Å²) in [5, 5.41) is 4.88. The first kappa shape index (κ1) is 55.4. The summed E-state index contributed by atoms with van der Waals surface area (Å²) in [7, 11) is 0. The highest BCUT2D eigenvalue weighted by molar-refractivity contribution is 6.12. The van der Waals surface area contributed by atoms with Crippen molar-refractivity contribution < 1.29 is 0 Å². The molecule has 0 saturated heterocycles. The predicted molar refractivity (Wildman–Crippen MR) is 393 cm³/mol. The highest BCUT2D eigenvalue weighted by Crippen LogP contribution is 2.43. The smallest absolute Gasteiger partial charge is 0.235 e. The molecular weight excluding hydrogens is 1140 g/mol. The molecule has 94 heavy (non-hydrogen) atoms. The highest BCUT2D eigenvalue weighted by Gasteiger charge is 2.23. The second-order valence-electron chi connectivity index (χ2n) is 23.8. The molecule has 0 unspecified atom stereocenters. The Kier molecular flexibility index (Phi) is 14.1. The predicted octanol–water partition coefficient (Wildman–Crippen LogP) is 23.6. The van der Waals surface area contributed by atoms with Gasteiger partial charge in [0, 0.05) is 72.5 Å². The molecular formula is C88H60N6. The first-order chi connectivity index (χ1) is 46.6. The summed E-state index contributed by atoms with van der Waals surface area (Å²) < 4.78 is 4.73. The zero-order valence-corrected chi connectivity index (χ0v) is 51.3. The monoisotopic (exact) mass is 1200 g/mol. The van der Waals surface area contributed by atoms with Crippen molar-refractivity contribution in [3.05, 3.63) is 364 Å². The molecule has 3 heterocycles. The lowest BCUT2D eigenvalue weighted by atomic mass is 9.93. The number of fused-ring (bicyclic) bond motifs is 6. The molecule has 3 aromatic heterocycles. The van der Waals surface area contributed by atoms with Gasteiger partial charge in [0.2, 0.25) is 5.95 Å². The van der Waals surface area contributed by atoms with Crippen LogP contribution in [0, 0.1) is 0 Å². The van der Waals surface area contributed by atoms with Crippen LogP contribution in [0.3, 0.4) is 0 Å². The van der Waals surface area contributed by atoms with Gasteiger partial charge in [-0.2, -0.15) is 0 Å². The van der Waals surface area contributed by atoms with Crippen LogP contribution in [-0.4, -0.2) is 19.1 Å². The Morgan fingerprint density at radius 2 is 0.564 bits per heavy atom. The van der Waals surface area contributed by atoms with Gasteiger partial charge in [0.25, 0.3) is 0 Å². The Balaban J connectivity index is 0.777. The number of anilines is 6. The van der Waals surface area contributed by atoms with Crippen LogP contribution in [0.1, 0.15) is 0 Å². The standard InChI is InChI=1S/C88H60N6/c1-6-24-63(25-7-1)76-38-16-17-39-77(76)66-26-22-27-67(56-66)82-60-83(90-88(89-82)92(70-31-10-3-11-32-70)74-52-46-62(47-53-74)65-49-55-87-81(59-65)79-41-19-21-43-85(79)94(87)72-35-14-5-15-36-72)68-28-23-37-75(57-68)91(69-29-8-2-9-30-69)73-50-44-61(45-51-73)64-48-54-86-80(58-64)78-40-18-20-42-84(78)93(86)71-33-12-4-13-34-71/h1-60H. The molecule has 0 spiro atoms. The molecule has 0 radical (unpaired) electrons. The zero-order chi connectivity index (χ0) is 62.3. The van der Waals surface area contributed by atoms with Gasteiger partial charge in [0.15, 0.2) is 0 Å². The summed E-state index contributed by atoms with van der Waals surface area (Å²) in [5.74, 6) is 0.542. The minimum absolute atomic E-state index is 0.542. The molecule has 0 aliphatic carbocycles. The summed E-state index contributed by atoms with van der Waals surface area (Å²) in [6.07, 6.45) is 0. The molecule has 14 aromatic carbocycles. The van der Waals surface area contributed by atoms with Crippen LogP contribution in [0.4, 0.5) is 34.4 Å². The number of nitrogens with zero attached hydrogens (tertiary/aromatic N) is 6. The Bertz CT molecular complexity index is 5590. The zero-order valence-electron chi connectivity index (χ0n) is 51.3. The van der Waals surface area contributed by atoms with E-state index in [1.54, 1.807) is 0 Å². The van der Waals surface area contributed by atoms with E-state index in [-0.39, 0.29) is 0 Å². The molecule has 17 aromatic rings. The van der Waals surface area contributed by atoms with Crippen molar-refractivity contribution in [1.29, 1.82) is 0 Å². The van der Waals surface area contributed by atoms with Crippen LogP contribution in [0.2, 0.25) is 0 Å². The lowest BCUT2D eigenvalue weighted by molar-refractivity contribution is 1.09. The minimum Gasteiger partial charge on any atom is -0.310 e. The fourth-order valence-electron chi connectivity index (χ4n) is 13.7. The fourth-order valence-corrected chi connectivity index (χ4v) is 13.7. The Morgan fingerprint density at radius 1 is 0.202 bits per heavy atom. The minimum atomic E-state index is 0.542. The lowest BCUT2D eigenvalue weighted by Gasteiger charge is -2.26. The van der Waals surface area contributed by atoms with Gasteiger partial charge >= 0.3 is 0 Å². The molecule has 442 valence electrons. The molecule has 0 fully saturated rings. The van der Waals surface area contributed by atoms with Gasteiger partial charge in [-0.1, -0.05) is 231 Å². The number of hydrogen-bond acceptors (Lipinski definition) is 4. The highest BCUT2D eigenvalue weighted by atomic mass is 15.3. The second-order valence-corrected chi connectivity index (χ2v) is 23.8. The summed E-state index contributed by atoms with van der Waals surface area (Å²) in [6, 6.07) is 130. The van der Waals surface area contributed by atoms with E-state index < -0.39 is 0 Å². The van der Waals surface area contributed by atoms with E-state index in [1.807, 2.05) is 0 Å². The van der Waals surface area contributed by atoms with Crippen molar-refractivity contribution in [3.63, 3.8) is 0 Å². The van der Waals surface area contributed by atoms with E-state index in [2.05, 4.69) is 383 Å². The third-order valence-corrected chi connectivity index (χ3v) is 18.1. The second kappa shape index (κ2) is 24.0. The molecule has 6 nitrogen and oxygen atoms in total. The molecule has 0 saturated carbocycles. The number of benzene rings is 14. The largest absolute Gasteiger partial charge is 0.310 e. The summed E-state index contributed by atoms with van der Waals surface area (Å²) >= 11 is 0. The molecule has 0 bridgehead atoms. The van der Waals surface area contributed by atoms with Crippen LogP contribution in [0.15, 0.2) is 364 Å². The Hall–Kier alpha value is -12.6. The van der Waals surface area contributed by atoms with E-state index in [0.717, 1.165) is 101 Å². The summed E-state index contributed by atoms with van der Waals surface area (Å²) in [6.45, 7) is 0. The third kappa shape index (κ3) is 10.2. The number of aromatic nitrogens is 4. The van der Waals surface area contributed by atoms with Crippen molar-refractivity contribution >= 4 is 78.0 Å². The number of hydrogen-bond donors (Lipinski definition) is 0. The SMILES string of the molecule is c1ccc(-c2ccccc2-c2cccc(-c3cc(-c4cccc(N(c5ccccc5)c5ccc(-c6ccc7c(c6)c6ccccc6n7-c6ccccc6)cc5)c4)nc(N(c4ccccc4)c4ccc(-c5ccc6c(c5)c5ccccc5n6-c5ccccc5)cc4)n3)c2)cc1. The maximum atomic E-state index is 5.63. The average Bonchev–Trinajstić information content (AvgIpc) is 2.16. The first-order valence-electron chi connectivity index (χ1n) is 32.0. The van der Waals surface area contributed by atoms with E-state index in [4.69, 9.17) is 9.97 Å². The molecule has 0 aliphatic heterocycles. The maximum absolute atomic E-state index is 5.63. The maximum Gasteiger partial charge on any atom is 0.235 e. The molecule has 0 aliphatic rings. The van der Waals surface area contributed by atoms with Gasteiger partial charge in [-0.3, -0.25) is 4.90 Å². The Morgan fingerprint density at radius 3 is 1.10 bits per heavy atom. The lowest BCUT2D eigenvalue weighted by Crippen LogP contribution is -2.14. The van der Waals surface area contributed by atoms with Gasteiger partial charge < -0.3 is 14.0 Å². The van der Waals surface area contributed by atoms with E-state index in [1.165, 1.54) is 49.2 Å². The molecule has 0 amide bonds. The van der Waals surface area contributed by atoms with E-state index >= 15 is 0 Å². The van der Waals surface area contributed by atoms with Crippen molar-refractivity contribution in [1.82, 2.24) is 19.1 Å². The molecule has 17 rings (SSSR count). The summed E-state index contributed by atoms with van der Waals surface area (Å²) in [4.78, 5) is 15.7. The van der Waals surface area contributed by atoms with Gasteiger partial charge in [0.05, 0.1) is 33.5 Å². The van der Waals surface area contributed by atoms with Crippen molar-refractivity contribution in [2.45, 2.75) is 0 Å². The van der Waals surface area contributed by atoms with Crippen LogP contribution in [0.5, 0.6) is 0 Å². The quantitative estimate of drug-likeness (QED) is 0.109. The molecule has 6 heteroatoms. The van der Waals surface area contributed by atoms with Gasteiger partial charge in [-0.15, -0.1) is 0 Å². The average molecular weight is 1200 g/mol. The van der Waals surface area contributed by atoms with Gasteiger partial charge in [-0.25, -0.2) is 9.97 Å². The van der Waals surface area contributed by atoms with Crippen LogP contribution in [0.25, 0.3) is 122 Å². The van der Waals surface area contributed by atoms with Gasteiger partial charge in [0.1, 0.15) is 0 Å². The normalized spacial score (nSPS) is 11.4. The number of para-hydroxylation sites is 6. The van der Waals surface area contributed by atoms with Crippen LogP contribution >= 0.6 is 0 Å². The van der Waals surface area contributed by atoms with Crippen molar-refractivity contribution in [2.75, 3.05) is 9.80 Å². The van der Waals surface area contributed by atoms with E-state index in [0.29, 0.717) is 5.95 Å². The number of rotatable bonds is 14. The Labute approximate surface area is 546 Å². The third-order valence-electron chi connectivity index (χ3n) is 18.1. The van der Waals surface area contributed by atoms with Crippen LogP contribution < -0.4 is 9.80 Å². The van der Waals surface area contributed by atoms with E-state index in [9.17, 15) is 0 Å². The van der Waals surface area contributed by atoms with Crippen molar-refractivity contribution in [2.24, 2.45) is 0 Å². The van der Waals surface area contributed by atoms with Gasteiger partial charge in [-0.05, 0) is 178 Å². The fraction of sp³-hybridized carbons (Fsp3) is 0. The molecule has 0 atom stereocenters. The van der Waals surface area contributed by atoms with Crippen LogP contribution in [-0.2, 0) is 0 Å². The first-order valence-corrected chi connectivity index (χ1v) is 32.0. The molecule has 0 N–H and O–H groups in total. The summed E-state index contributed by atoms with van der Waals surface area (Å²) in [5.41, 5.74) is 24.5. The topological polar surface area (TPSA) is 42.1 Å².